The van der Waals surface area contributed by atoms with E-state index in [1.54, 1.807) is 0 Å². The second-order valence-electron chi connectivity index (χ2n) is 3.38. The minimum atomic E-state index is 0.234. The van der Waals surface area contributed by atoms with Gasteiger partial charge in [0.1, 0.15) is 0 Å². The molecular formula is C10H14N2. The van der Waals surface area contributed by atoms with Crippen LogP contribution in [0.15, 0.2) is 24.3 Å². The van der Waals surface area contributed by atoms with Gasteiger partial charge in [-0.05, 0) is 18.1 Å². The van der Waals surface area contributed by atoms with Crippen LogP contribution in [-0.4, -0.2) is 13.6 Å². The highest BCUT2D eigenvalue weighted by Crippen LogP contribution is 2.30. The van der Waals surface area contributed by atoms with Gasteiger partial charge >= 0.3 is 0 Å². The Bertz CT molecular complexity index is 254. The van der Waals surface area contributed by atoms with Gasteiger partial charge in [-0.2, -0.15) is 0 Å². The maximum Gasteiger partial charge on any atom is 0.0412 e. The first kappa shape index (κ1) is 7.62. The Morgan fingerprint density at radius 2 is 2.17 bits per heavy atom. The molecule has 2 nitrogen and oxygen atoms in total. The minimum absolute atomic E-state index is 0.234. The van der Waals surface area contributed by atoms with Crippen LogP contribution < -0.4 is 10.6 Å². The maximum absolute atomic E-state index is 5.98. The highest BCUT2D eigenvalue weighted by atomic mass is 15.1. The summed E-state index contributed by atoms with van der Waals surface area (Å²) in [4.78, 5) is 2.26. The third-order valence-electron chi connectivity index (χ3n) is 2.52. The summed E-state index contributed by atoms with van der Waals surface area (Å²) >= 11 is 0. The Morgan fingerprint density at radius 3 is 2.92 bits per heavy atom. The van der Waals surface area contributed by atoms with Crippen molar-refractivity contribution in [3.63, 3.8) is 0 Å². The molecule has 1 aliphatic rings. The van der Waals surface area contributed by atoms with Crippen LogP contribution in [0.2, 0.25) is 0 Å². The molecule has 0 unspecified atom stereocenters. The second kappa shape index (κ2) is 2.79. The number of rotatable bonds is 0. The third kappa shape index (κ3) is 1.08. The zero-order valence-electron chi connectivity index (χ0n) is 7.33. The summed E-state index contributed by atoms with van der Waals surface area (Å²) in [6, 6.07) is 8.60. The van der Waals surface area contributed by atoms with Gasteiger partial charge in [0.2, 0.25) is 0 Å². The fraction of sp³-hybridized carbons (Fsp3) is 0.400. The average molecular weight is 162 g/mol. The first-order chi connectivity index (χ1) is 5.79. The van der Waals surface area contributed by atoms with Gasteiger partial charge < -0.3 is 10.6 Å². The van der Waals surface area contributed by atoms with Gasteiger partial charge in [0.15, 0.2) is 0 Å². The molecule has 0 amide bonds. The predicted molar refractivity (Wildman–Crippen MR) is 51.3 cm³/mol. The smallest absolute Gasteiger partial charge is 0.0412 e. The average Bonchev–Trinajstić information content (AvgIpc) is 2.12. The van der Waals surface area contributed by atoms with E-state index in [1.165, 1.54) is 11.3 Å². The second-order valence-corrected chi connectivity index (χ2v) is 3.38. The van der Waals surface area contributed by atoms with Gasteiger partial charge in [-0.15, -0.1) is 0 Å². The monoisotopic (exact) mass is 162 g/mol. The number of anilines is 1. The molecule has 1 atom stereocenters. The van der Waals surface area contributed by atoms with Gasteiger partial charge in [-0.25, -0.2) is 0 Å². The van der Waals surface area contributed by atoms with Crippen LogP contribution in [-0.2, 0) is 0 Å². The Labute approximate surface area is 73.0 Å². The van der Waals surface area contributed by atoms with Crippen molar-refractivity contribution in [1.82, 2.24) is 0 Å². The number of nitrogens with zero attached hydrogens (tertiary/aromatic N) is 1. The lowest BCUT2D eigenvalue weighted by atomic mass is 9.98. The molecule has 12 heavy (non-hydrogen) atoms. The normalized spacial score (nSPS) is 22.2. The Morgan fingerprint density at radius 1 is 1.42 bits per heavy atom. The molecule has 2 rings (SSSR count). The number of nitrogens with two attached hydrogens (primary N) is 1. The SMILES string of the molecule is CN1CC[C@@H](N)c2ccccc21. The lowest BCUT2D eigenvalue weighted by molar-refractivity contribution is 0.614. The molecule has 2 heteroatoms. The zero-order chi connectivity index (χ0) is 8.55. The van der Waals surface area contributed by atoms with Gasteiger partial charge in [-0.1, -0.05) is 18.2 Å². The van der Waals surface area contributed by atoms with E-state index in [4.69, 9.17) is 5.73 Å². The lowest BCUT2D eigenvalue weighted by Gasteiger charge is -2.31. The first-order valence-electron chi connectivity index (χ1n) is 4.34. The third-order valence-corrected chi connectivity index (χ3v) is 2.52. The van der Waals surface area contributed by atoms with Crippen molar-refractivity contribution in [2.75, 3.05) is 18.5 Å². The summed E-state index contributed by atoms with van der Waals surface area (Å²) in [5.74, 6) is 0. The molecule has 0 saturated heterocycles. The van der Waals surface area contributed by atoms with Crippen molar-refractivity contribution in [2.45, 2.75) is 12.5 Å². The molecule has 0 radical (unpaired) electrons. The van der Waals surface area contributed by atoms with E-state index in [-0.39, 0.29) is 6.04 Å². The van der Waals surface area contributed by atoms with E-state index >= 15 is 0 Å². The van der Waals surface area contributed by atoms with E-state index in [0.717, 1.165) is 13.0 Å². The summed E-state index contributed by atoms with van der Waals surface area (Å²) in [6.07, 6.45) is 1.06. The summed E-state index contributed by atoms with van der Waals surface area (Å²) in [7, 11) is 2.12. The van der Waals surface area contributed by atoms with Crippen LogP contribution >= 0.6 is 0 Å². The van der Waals surface area contributed by atoms with E-state index in [0.29, 0.717) is 0 Å². The Kier molecular flexibility index (Phi) is 1.77. The number of hydrogen-bond donors (Lipinski definition) is 1. The highest BCUT2D eigenvalue weighted by Gasteiger charge is 2.18. The maximum atomic E-state index is 5.98. The summed E-state index contributed by atoms with van der Waals surface area (Å²) < 4.78 is 0. The quantitative estimate of drug-likeness (QED) is 0.626. The molecule has 0 bridgehead atoms. The molecule has 1 aromatic carbocycles. The Balaban J connectivity index is 2.47. The topological polar surface area (TPSA) is 29.3 Å². The van der Waals surface area contributed by atoms with E-state index in [1.807, 2.05) is 0 Å². The number of fused-ring (bicyclic) bond motifs is 1. The van der Waals surface area contributed by atoms with Gasteiger partial charge in [-0.3, -0.25) is 0 Å². The first-order valence-corrected chi connectivity index (χ1v) is 4.34. The summed E-state index contributed by atoms with van der Waals surface area (Å²) in [6.45, 7) is 1.07. The predicted octanol–water partition coefficient (Wildman–Crippen LogP) is 1.53. The zero-order valence-corrected chi connectivity index (χ0v) is 7.33. The van der Waals surface area contributed by atoms with E-state index < -0.39 is 0 Å². The molecule has 1 aliphatic heterocycles. The van der Waals surface area contributed by atoms with E-state index in [2.05, 4.69) is 36.2 Å². The molecular weight excluding hydrogens is 148 g/mol. The van der Waals surface area contributed by atoms with Crippen LogP contribution in [0.4, 0.5) is 5.69 Å². The van der Waals surface area contributed by atoms with Crippen molar-refractivity contribution >= 4 is 5.69 Å². The molecule has 2 N–H and O–H groups in total. The van der Waals surface area contributed by atoms with Crippen LogP contribution in [0.3, 0.4) is 0 Å². The van der Waals surface area contributed by atoms with Crippen LogP contribution in [0.5, 0.6) is 0 Å². The van der Waals surface area contributed by atoms with Gasteiger partial charge in [0.05, 0.1) is 0 Å². The molecule has 1 aromatic rings. The van der Waals surface area contributed by atoms with Crippen molar-refractivity contribution in [1.29, 1.82) is 0 Å². The van der Waals surface area contributed by atoms with Crippen molar-refractivity contribution in [2.24, 2.45) is 5.73 Å². The van der Waals surface area contributed by atoms with Crippen LogP contribution in [0.1, 0.15) is 18.0 Å². The van der Waals surface area contributed by atoms with Gasteiger partial charge in [0, 0.05) is 25.3 Å². The minimum Gasteiger partial charge on any atom is -0.374 e. The number of benzene rings is 1. The Hall–Kier alpha value is -1.02. The molecule has 64 valence electrons. The standard InChI is InChI=1S/C10H14N2/c1-12-7-6-9(11)8-4-2-3-5-10(8)12/h2-5,9H,6-7,11H2,1H3/t9-/m1/s1. The summed E-state index contributed by atoms with van der Waals surface area (Å²) in [5.41, 5.74) is 8.55. The fourth-order valence-electron chi connectivity index (χ4n) is 1.76. The summed E-state index contributed by atoms with van der Waals surface area (Å²) in [5, 5.41) is 0. The molecule has 1 heterocycles. The van der Waals surface area contributed by atoms with Crippen molar-refractivity contribution < 1.29 is 0 Å². The van der Waals surface area contributed by atoms with Gasteiger partial charge in [0.25, 0.3) is 0 Å². The van der Waals surface area contributed by atoms with Crippen molar-refractivity contribution in [3.8, 4) is 0 Å². The highest BCUT2D eigenvalue weighted by molar-refractivity contribution is 5.56. The molecule has 0 aromatic heterocycles. The molecule has 0 aliphatic carbocycles. The van der Waals surface area contributed by atoms with Crippen molar-refractivity contribution in [3.05, 3.63) is 29.8 Å². The molecule has 0 spiro atoms. The van der Waals surface area contributed by atoms with Crippen LogP contribution in [0, 0.1) is 0 Å². The van der Waals surface area contributed by atoms with Crippen LogP contribution in [0.25, 0.3) is 0 Å². The number of para-hydroxylation sites is 1. The number of hydrogen-bond acceptors (Lipinski definition) is 2. The molecule has 0 saturated carbocycles. The lowest BCUT2D eigenvalue weighted by Crippen LogP contribution is -2.30. The van der Waals surface area contributed by atoms with E-state index in [9.17, 15) is 0 Å². The fourth-order valence-corrected chi connectivity index (χ4v) is 1.76. The molecule has 0 fully saturated rings. The largest absolute Gasteiger partial charge is 0.374 e.